The lowest BCUT2D eigenvalue weighted by atomic mass is 10.1. The molecule has 0 bridgehead atoms. The summed E-state index contributed by atoms with van der Waals surface area (Å²) in [5, 5.41) is 13.7. The molecule has 3 rings (SSSR count). The van der Waals surface area contributed by atoms with Crippen molar-refractivity contribution in [2.75, 3.05) is 30.3 Å². The molecule has 0 spiro atoms. The Hall–Kier alpha value is -3.16. The van der Waals surface area contributed by atoms with E-state index in [9.17, 15) is 19.3 Å². The quantitative estimate of drug-likeness (QED) is 0.486. The molecule has 8 heteroatoms. The Labute approximate surface area is 149 Å². The Balaban J connectivity index is 1.56. The molecule has 0 radical (unpaired) electrons. The first kappa shape index (κ1) is 17.7. The van der Waals surface area contributed by atoms with Gasteiger partial charge in [-0.05, 0) is 48.7 Å². The minimum atomic E-state index is -0.607. The number of nitro benzene ring substituents is 1. The van der Waals surface area contributed by atoms with Gasteiger partial charge < -0.3 is 16.0 Å². The molecule has 2 aromatic carbocycles. The summed E-state index contributed by atoms with van der Waals surface area (Å²) in [7, 11) is 0. The molecule has 1 fully saturated rings. The Kier molecular flexibility index (Phi) is 5.01. The first-order valence-corrected chi connectivity index (χ1v) is 8.26. The largest absolute Gasteiger partial charge is 0.393 e. The van der Waals surface area contributed by atoms with Crippen molar-refractivity contribution in [3.05, 3.63) is 64.0 Å². The summed E-state index contributed by atoms with van der Waals surface area (Å²) in [4.78, 5) is 24.7. The average Bonchev–Trinajstić information content (AvgIpc) is 3.09. The van der Waals surface area contributed by atoms with Crippen molar-refractivity contribution < 1.29 is 14.1 Å². The number of hydrogen-bond donors (Lipinski definition) is 2. The highest BCUT2D eigenvalue weighted by Crippen LogP contribution is 2.24. The van der Waals surface area contributed by atoms with Crippen LogP contribution in [0.25, 0.3) is 0 Å². The number of carbonyl (C=O) groups excluding carboxylic acids is 1. The summed E-state index contributed by atoms with van der Waals surface area (Å²) in [6.45, 7) is 2.06. The molecule has 2 aromatic rings. The minimum Gasteiger partial charge on any atom is -0.393 e. The first-order chi connectivity index (χ1) is 12.4. The van der Waals surface area contributed by atoms with Crippen LogP contribution in [0, 0.1) is 21.8 Å². The normalized spacial score (nSPS) is 16.5. The SMILES string of the molecule is Nc1ccc(C(=O)NCC2CCN(c3ccc(F)cc3)C2)cc1[N+](=O)[O-]. The lowest BCUT2D eigenvalue weighted by molar-refractivity contribution is -0.383. The van der Waals surface area contributed by atoms with Gasteiger partial charge in [0.15, 0.2) is 0 Å². The van der Waals surface area contributed by atoms with Gasteiger partial charge in [-0.1, -0.05) is 0 Å². The van der Waals surface area contributed by atoms with Crippen LogP contribution in [-0.4, -0.2) is 30.5 Å². The maximum absolute atomic E-state index is 13.0. The van der Waals surface area contributed by atoms with E-state index >= 15 is 0 Å². The second kappa shape index (κ2) is 7.38. The fourth-order valence-electron chi connectivity index (χ4n) is 3.07. The maximum Gasteiger partial charge on any atom is 0.292 e. The van der Waals surface area contributed by atoms with E-state index in [1.165, 1.54) is 30.3 Å². The zero-order valence-electron chi connectivity index (χ0n) is 14.0. The van der Waals surface area contributed by atoms with E-state index in [0.717, 1.165) is 25.2 Å². The van der Waals surface area contributed by atoms with Crippen LogP contribution in [-0.2, 0) is 0 Å². The van der Waals surface area contributed by atoms with Gasteiger partial charge in [0, 0.05) is 37.0 Å². The molecule has 3 N–H and O–H groups in total. The zero-order chi connectivity index (χ0) is 18.7. The number of nitrogens with two attached hydrogens (primary N) is 1. The fraction of sp³-hybridized carbons (Fsp3) is 0.278. The predicted octanol–water partition coefficient (Wildman–Crippen LogP) is 2.57. The Morgan fingerprint density at radius 2 is 2.04 bits per heavy atom. The summed E-state index contributed by atoms with van der Waals surface area (Å²) < 4.78 is 13.0. The number of nitrogens with zero attached hydrogens (tertiary/aromatic N) is 2. The van der Waals surface area contributed by atoms with Crippen molar-refractivity contribution in [3.8, 4) is 0 Å². The number of halogens is 1. The van der Waals surface area contributed by atoms with Gasteiger partial charge in [-0.2, -0.15) is 0 Å². The number of amides is 1. The Morgan fingerprint density at radius 3 is 2.73 bits per heavy atom. The van der Waals surface area contributed by atoms with Crippen molar-refractivity contribution in [1.29, 1.82) is 0 Å². The standard InChI is InChI=1S/C18H19FN4O3/c19-14-2-4-15(5-3-14)22-8-7-12(11-22)10-21-18(24)13-1-6-16(20)17(9-13)23(25)26/h1-6,9,12H,7-8,10-11,20H2,(H,21,24). The third-order valence-electron chi connectivity index (χ3n) is 4.52. The second-order valence-electron chi connectivity index (χ2n) is 6.32. The van der Waals surface area contributed by atoms with Crippen LogP contribution in [0.4, 0.5) is 21.5 Å². The monoisotopic (exact) mass is 358 g/mol. The van der Waals surface area contributed by atoms with E-state index in [1.54, 1.807) is 12.1 Å². The van der Waals surface area contributed by atoms with E-state index in [4.69, 9.17) is 5.73 Å². The number of carbonyl (C=O) groups is 1. The highest BCUT2D eigenvalue weighted by Gasteiger charge is 2.24. The molecular formula is C18H19FN4O3. The number of hydrogen-bond acceptors (Lipinski definition) is 5. The highest BCUT2D eigenvalue weighted by atomic mass is 19.1. The summed E-state index contributed by atoms with van der Waals surface area (Å²) in [5.74, 6) is -0.379. The smallest absolute Gasteiger partial charge is 0.292 e. The van der Waals surface area contributed by atoms with Crippen molar-refractivity contribution in [2.24, 2.45) is 5.92 Å². The molecule has 1 aliphatic rings. The van der Waals surface area contributed by atoms with Crippen LogP contribution in [0.2, 0.25) is 0 Å². The minimum absolute atomic E-state index is 0.0253. The van der Waals surface area contributed by atoms with Crippen molar-refractivity contribution in [1.82, 2.24) is 5.32 Å². The second-order valence-corrected chi connectivity index (χ2v) is 6.32. The molecule has 1 heterocycles. The molecule has 0 aliphatic carbocycles. The third-order valence-corrected chi connectivity index (χ3v) is 4.52. The van der Waals surface area contributed by atoms with Crippen LogP contribution in [0.3, 0.4) is 0 Å². The first-order valence-electron chi connectivity index (χ1n) is 8.26. The maximum atomic E-state index is 13.0. The summed E-state index contributed by atoms with van der Waals surface area (Å²) in [6, 6.07) is 10.4. The van der Waals surface area contributed by atoms with Crippen molar-refractivity contribution >= 4 is 23.0 Å². The van der Waals surface area contributed by atoms with Gasteiger partial charge in [-0.25, -0.2) is 4.39 Å². The number of nitro groups is 1. The van der Waals surface area contributed by atoms with Crippen molar-refractivity contribution in [2.45, 2.75) is 6.42 Å². The van der Waals surface area contributed by atoms with E-state index in [-0.39, 0.29) is 34.6 Å². The summed E-state index contributed by atoms with van der Waals surface area (Å²) in [5.41, 5.74) is 6.45. The molecule has 1 unspecified atom stereocenters. The lowest BCUT2D eigenvalue weighted by Gasteiger charge is -2.18. The lowest BCUT2D eigenvalue weighted by Crippen LogP contribution is -2.31. The number of rotatable bonds is 5. The summed E-state index contributed by atoms with van der Waals surface area (Å²) in [6.07, 6.45) is 0.902. The molecule has 7 nitrogen and oxygen atoms in total. The van der Waals surface area contributed by atoms with Crippen LogP contribution < -0.4 is 16.0 Å². The molecule has 136 valence electrons. The van der Waals surface area contributed by atoms with Gasteiger partial charge in [0.05, 0.1) is 4.92 Å². The summed E-state index contributed by atoms with van der Waals surface area (Å²) >= 11 is 0. The Morgan fingerprint density at radius 1 is 1.31 bits per heavy atom. The molecule has 26 heavy (non-hydrogen) atoms. The van der Waals surface area contributed by atoms with Gasteiger partial charge in [0.2, 0.25) is 0 Å². The number of nitrogen functional groups attached to an aromatic ring is 1. The average molecular weight is 358 g/mol. The number of benzene rings is 2. The van der Waals surface area contributed by atoms with Gasteiger partial charge in [0.1, 0.15) is 11.5 Å². The van der Waals surface area contributed by atoms with E-state index < -0.39 is 4.92 Å². The van der Waals surface area contributed by atoms with E-state index in [1.807, 2.05) is 0 Å². The molecule has 1 amide bonds. The number of anilines is 2. The van der Waals surface area contributed by atoms with Crippen LogP contribution >= 0.6 is 0 Å². The molecule has 0 aromatic heterocycles. The van der Waals surface area contributed by atoms with Gasteiger partial charge >= 0.3 is 0 Å². The van der Waals surface area contributed by atoms with Gasteiger partial charge in [0.25, 0.3) is 11.6 Å². The van der Waals surface area contributed by atoms with E-state index in [0.29, 0.717) is 6.54 Å². The molecule has 1 saturated heterocycles. The fourth-order valence-corrected chi connectivity index (χ4v) is 3.07. The van der Waals surface area contributed by atoms with Gasteiger partial charge in [-0.3, -0.25) is 14.9 Å². The zero-order valence-corrected chi connectivity index (χ0v) is 14.0. The van der Waals surface area contributed by atoms with Crippen LogP contribution in [0.1, 0.15) is 16.8 Å². The van der Waals surface area contributed by atoms with Crippen molar-refractivity contribution in [3.63, 3.8) is 0 Å². The molecular weight excluding hydrogens is 339 g/mol. The van der Waals surface area contributed by atoms with Crippen LogP contribution in [0.15, 0.2) is 42.5 Å². The third kappa shape index (κ3) is 3.90. The Bertz CT molecular complexity index is 826. The topological polar surface area (TPSA) is 102 Å². The predicted molar refractivity (Wildman–Crippen MR) is 96.6 cm³/mol. The molecule has 1 aliphatic heterocycles. The van der Waals surface area contributed by atoms with Crippen LogP contribution in [0.5, 0.6) is 0 Å². The molecule has 0 saturated carbocycles. The highest BCUT2D eigenvalue weighted by molar-refractivity contribution is 5.95. The molecule has 1 atom stereocenters. The van der Waals surface area contributed by atoms with E-state index in [2.05, 4.69) is 10.2 Å². The van der Waals surface area contributed by atoms with Gasteiger partial charge in [-0.15, -0.1) is 0 Å². The number of nitrogens with one attached hydrogen (secondary N) is 1.